The number of halogens is 1. The van der Waals surface area contributed by atoms with Crippen molar-refractivity contribution < 1.29 is 0 Å². The van der Waals surface area contributed by atoms with Crippen molar-refractivity contribution in [2.45, 2.75) is 18.2 Å². The van der Waals surface area contributed by atoms with Gasteiger partial charge in [0.2, 0.25) is 0 Å². The average molecular weight is 363 g/mol. The van der Waals surface area contributed by atoms with Crippen molar-refractivity contribution in [3.8, 4) is 0 Å². The van der Waals surface area contributed by atoms with Crippen LogP contribution in [0.1, 0.15) is 18.9 Å². The molecular weight excluding hydrogens is 344 g/mol. The van der Waals surface area contributed by atoms with Gasteiger partial charge in [0, 0.05) is 23.0 Å². The first-order chi connectivity index (χ1) is 11.2. The number of thioether (sulfide) groups is 1. The van der Waals surface area contributed by atoms with Gasteiger partial charge in [-0.25, -0.2) is 0 Å². The maximum Gasteiger partial charge on any atom is 0.174 e. The largest absolute Gasteiger partial charge is 0.333 e. The number of rotatable bonds is 3. The molecule has 23 heavy (non-hydrogen) atoms. The van der Waals surface area contributed by atoms with Gasteiger partial charge in [-0.3, -0.25) is 0 Å². The molecule has 1 aliphatic heterocycles. The van der Waals surface area contributed by atoms with Crippen LogP contribution >= 0.6 is 35.6 Å². The Bertz CT molecular complexity index is 692. The van der Waals surface area contributed by atoms with E-state index in [4.69, 9.17) is 23.8 Å². The first-order valence-electron chi connectivity index (χ1n) is 7.69. The van der Waals surface area contributed by atoms with Crippen LogP contribution in [0.15, 0.2) is 54.6 Å². The fourth-order valence-electron chi connectivity index (χ4n) is 3.02. The number of nitrogens with one attached hydrogen (secondary N) is 1. The second-order valence-corrected chi connectivity index (χ2v) is 7.64. The summed E-state index contributed by atoms with van der Waals surface area (Å²) in [5, 5.41) is 4.80. The molecule has 0 aliphatic carbocycles. The summed E-state index contributed by atoms with van der Waals surface area (Å²) in [6, 6.07) is 18.3. The van der Waals surface area contributed by atoms with E-state index in [0.717, 1.165) is 29.5 Å². The lowest BCUT2D eigenvalue weighted by atomic mass is 10.0. The van der Waals surface area contributed by atoms with Crippen LogP contribution in [0.2, 0.25) is 5.02 Å². The molecule has 0 amide bonds. The zero-order chi connectivity index (χ0) is 16.3. The number of benzene rings is 2. The Morgan fingerprint density at radius 1 is 1.26 bits per heavy atom. The van der Waals surface area contributed by atoms with E-state index in [-0.39, 0.29) is 4.87 Å². The number of hydrogen-bond donors (Lipinski definition) is 1. The monoisotopic (exact) mass is 362 g/mol. The summed E-state index contributed by atoms with van der Waals surface area (Å²) < 4.78 is 0. The summed E-state index contributed by atoms with van der Waals surface area (Å²) >= 11 is 13.7. The Morgan fingerprint density at radius 3 is 2.74 bits per heavy atom. The molecule has 1 atom stereocenters. The Kier molecular flexibility index (Phi) is 5.14. The van der Waals surface area contributed by atoms with Crippen molar-refractivity contribution in [3.63, 3.8) is 0 Å². The van der Waals surface area contributed by atoms with Gasteiger partial charge in [-0.05, 0) is 42.4 Å². The molecule has 1 N–H and O–H groups in total. The predicted molar refractivity (Wildman–Crippen MR) is 105 cm³/mol. The highest BCUT2D eigenvalue weighted by molar-refractivity contribution is 8.00. The Morgan fingerprint density at radius 2 is 2.04 bits per heavy atom. The highest BCUT2D eigenvalue weighted by atomic mass is 35.5. The predicted octanol–water partition coefficient (Wildman–Crippen LogP) is 5.35. The maximum absolute atomic E-state index is 6.07. The van der Waals surface area contributed by atoms with E-state index >= 15 is 0 Å². The molecule has 2 aromatic carbocycles. The molecule has 1 fully saturated rings. The molecule has 2 aromatic rings. The Labute approximate surface area is 152 Å². The highest BCUT2D eigenvalue weighted by Crippen LogP contribution is 2.47. The molecular formula is C18H19ClN2S2. The molecule has 0 saturated carbocycles. The minimum Gasteiger partial charge on any atom is -0.333 e. The molecule has 0 radical (unpaired) electrons. The van der Waals surface area contributed by atoms with Crippen molar-refractivity contribution in [1.29, 1.82) is 0 Å². The van der Waals surface area contributed by atoms with E-state index in [1.165, 1.54) is 5.56 Å². The normalized spacial score (nSPS) is 20.5. The molecule has 120 valence electrons. The number of nitrogens with zero attached hydrogens (tertiary/aromatic N) is 1. The molecule has 0 spiro atoms. The molecule has 0 bridgehead atoms. The molecule has 0 aromatic heterocycles. The summed E-state index contributed by atoms with van der Waals surface area (Å²) in [5.41, 5.74) is 2.23. The summed E-state index contributed by atoms with van der Waals surface area (Å²) in [5.74, 6) is 1.07. The van der Waals surface area contributed by atoms with Crippen LogP contribution in [-0.4, -0.2) is 22.3 Å². The minimum atomic E-state index is -0.0933. The Hall–Kier alpha value is -1.23. The SMILES string of the molecule is CCC1(c2ccccc2)SCCN1C(=S)Nc1cccc(Cl)c1. The second-order valence-electron chi connectivity index (χ2n) is 5.44. The van der Waals surface area contributed by atoms with Gasteiger partial charge < -0.3 is 10.2 Å². The molecule has 1 heterocycles. The first kappa shape index (κ1) is 16.6. The van der Waals surface area contributed by atoms with E-state index in [1.54, 1.807) is 0 Å². The van der Waals surface area contributed by atoms with Gasteiger partial charge in [-0.15, -0.1) is 11.8 Å². The van der Waals surface area contributed by atoms with Gasteiger partial charge >= 0.3 is 0 Å². The lowest BCUT2D eigenvalue weighted by Crippen LogP contribution is -2.45. The maximum atomic E-state index is 6.07. The van der Waals surface area contributed by atoms with Gasteiger partial charge in [-0.1, -0.05) is 54.9 Å². The Balaban J connectivity index is 1.87. The summed E-state index contributed by atoms with van der Waals surface area (Å²) in [6.07, 6.45) is 0.999. The molecule has 3 rings (SSSR count). The minimum absolute atomic E-state index is 0.0933. The number of thiocarbonyl (C=S) groups is 1. The molecule has 2 nitrogen and oxygen atoms in total. The third-order valence-corrected chi connectivity index (χ3v) is 6.28. The smallest absolute Gasteiger partial charge is 0.174 e. The fourth-order valence-corrected chi connectivity index (χ4v) is 5.09. The van der Waals surface area contributed by atoms with E-state index in [2.05, 4.69) is 47.5 Å². The van der Waals surface area contributed by atoms with Gasteiger partial charge in [-0.2, -0.15) is 0 Å². The van der Waals surface area contributed by atoms with E-state index in [0.29, 0.717) is 5.02 Å². The summed E-state index contributed by atoms with van der Waals surface area (Å²) in [7, 11) is 0. The van der Waals surface area contributed by atoms with Crippen LogP contribution in [0.3, 0.4) is 0 Å². The highest BCUT2D eigenvalue weighted by Gasteiger charge is 2.43. The van der Waals surface area contributed by atoms with Crippen molar-refractivity contribution in [2.75, 3.05) is 17.6 Å². The van der Waals surface area contributed by atoms with Gasteiger partial charge in [0.05, 0.1) is 0 Å². The topological polar surface area (TPSA) is 15.3 Å². The van der Waals surface area contributed by atoms with Crippen LogP contribution in [0.5, 0.6) is 0 Å². The third kappa shape index (κ3) is 3.35. The van der Waals surface area contributed by atoms with Gasteiger partial charge in [0.15, 0.2) is 5.11 Å². The molecule has 1 saturated heterocycles. The van der Waals surface area contributed by atoms with Crippen LogP contribution in [0.25, 0.3) is 0 Å². The van der Waals surface area contributed by atoms with Crippen LogP contribution in [0, 0.1) is 0 Å². The molecule has 1 unspecified atom stereocenters. The second kappa shape index (κ2) is 7.12. The van der Waals surface area contributed by atoms with E-state index in [9.17, 15) is 0 Å². The summed E-state index contributed by atoms with van der Waals surface area (Å²) in [4.78, 5) is 2.22. The zero-order valence-electron chi connectivity index (χ0n) is 13.0. The summed E-state index contributed by atoms with van der Waals surface area (Å²) in [6.45, 7) is 3.17. The quantitative estimate of drug-likeness (QED) is 0.740. The van der Waals surface area contributed by atoms with Crippen LogP contribution in [-0.2, 0) is 4.87 Å². The van der Waals surface area contributed by atoms with Crippen molar-refractivity contribution in [1.82, 2.24) is 4.90 Å². The molecule has 1 aliphatic rings. The van der Waals surface area contributed by atoms with Gasteiger partial charge in [0.1, 0.15) is 4.87 Å². The lowest BCUT2D eigenvalue weighted by molar-refractivity contribution is 0.308. The van der Waals surface area contributed by atoms with Crippen LogP contribution < -0.4 is 5.32 Å². The third-order valence-electron chi connectivity index (χ3n) is 4.12. The van der Waals surface area contributed by atoms with Crippen molar-refractivity contribution in [3.05, 3.63) is 65.2 Å². The van der Waals surface area contributed by atoms with E-state index < -0.39 is 0 Å². The molecule has 5 heteroatoms. The van der Waals surface area contributed by atoms with Crippen LogP contribution in [0.4, 0.5) is 5.69 Å². The number of hydrogen-bond acceptors (Lipinski definition) is 2. The number of anilines is 1. The zero-order valence-corrected chi connectivity index (χ0v) is 15.3. The van der Waals surface area contributed by atoms with Crippen molar-refractivity contribution >= 4 is 46.4 Å². The van der Waals surface area contributed by atoms with E-state index in [1.807, 2.05) is 36.0 Å². The first-order valence-corrected chi connectivity index (χ1v) is 9.46. The van der Waals surface area contributed by atoms with Gasteiger partial charge in [0.25, 0.3) is 0 Å². The lowest BCUT2D eigenvalue weighted by Gasteiger charge is -2.39. The fraction of sp³-hybridized carbons (Fsp3) is 0.278. The average Bonchev–Trinajstić information content (AvgIpc) is 3.01. The van der Waals surface area contributed by atoms with Crippen molar-refractivity contribution in [2.24, 2.45) is 0 Å². The standard InChI is InChI=1S/C18H19ClN2S2/c1-2-18(14-7-4-3-5-8-14)21(11-12-23-18)17(22)20-16-10-6-9-15(19)13-16/h3-10,13H,2,11-12H2,1H3,(H,20,22).